The van der Waals surface area contributed by atoms with E-state index >= 15 is 0 Å². The van der Waals surface area contributed by atoms with Crippen LogP contribution in [0.4, 0.5) is 0 Å². The Morgan fingerprint density at radius 1 is 0.913 bits per heavy atom. The molecule has 0 aromatic heterocycles. The number of benzene rings is 2. The zero-order valence-electron chi connectivity index (χ0n) is 13.2. The minimum Gasteiger partial charge on any atom is -0.211 e. The Morgan fingerprint density at radius 3 is 2.35 bits per heavy atom. The predicted octanol–water partition coefficient (Wildman–Crippen LogP) is 6.30. The molecule has 2 aromatic rings. The van der Waals surface area contributed by atoms with E-state index < -0.39 is 0 Å². The lowest BCUT2D eigenvalue weighted by Crippen LogP contribution is -1.96. The van der Waals surface area contributed by atoms with Crippen molar-refractivity contribution in [3.05, 3.63) is 88.8 Å². The highest BCUT2D eigenvalue weighted by molar-refractivity contribution is 8.02. The molecule has 2 heteroatoms. The second-order valence-corrected chi connectivity index (χ2v) is 6.48. The van der Waals surface area contributed by atoms with Crippen LogP contribution in [0.15, 0.2) is 82.1 Å². The van der Waals surface area contributed by atoms with E-state index in [2.05, 4.69) is 66.8 Å². The molecule has 0 unspecified atom stereocenters. The summed E-state index contributed by atoms with van der Waals surface area (Å²) in [5.74, 6) is 0. The molecule has 1 nitrogen and oxygen atoms in total. The summed E-state index contributed by atoms with van der Waals surface area (Å²) in [5, 5.41) is 0. The fraction of sp³-hybridized carbons (Fsp3) is 0.190. The Morgan fingerprint density at radius 2 is 1.65 bits per heavy atom. The van der Waals surface area contributed by atoms with E-state index in [1.807, 2.05) is 12.1 Å². The first kappa shape index (κ1) is 15.8. The van der Waals surface area contributed by atoms with Gasteiger partial charge in [0.1, 0.15) is 0 Å². The standard InChI is InChI=1S/C21H21NS/c1-4-10-18(11-5-1)16-17-21(19-12-6-2-7-13-19)22-23-20-14-8-3-9-15-20/h1-2,4-7,10-14,16-17H,3,8-9,15H2/b17-16+,22-21-. The lowest BCUT2D eigenvalue weighted by molar-refractivity contribution is 0.723. The maximum atomic E-state index is 4.81. The maximum absolute atomic E-state index is 4.81. The third kappa shape index (κ3) is 4.97. The molecule has 1 aliphatic carbocycles. The topological polar surface area (TPSA) is 12.4 Å². The summed E-state index contributed by atoms with van der Waals surface area (Å²) >= 11 is 1.63. The zero-order chi connectivity index (χ0) is 15.7. The average molecular weight is 319 g/mol. The maximum Gasteiger partial charge on any atom is 0.0789 e. The van der Waals surface area contributed by atoms with Gasteiger partial charge in [-0.2, -0.15) is 0 Å². The third-order valence-electron chi connectivity index (χ3n) is 3.81. The van der Waals surface area contributed by atoms with Crippen LogP contribution in [0.3, 0.4) is 0 Å². The van der Waals surface area contributed by atoms with Gasteiger partial charge < -0.3 is 0 Å². The summed E-state index contributed by atoms with van der Waals surface area (Å²) < 4.78 is 4.81. The largest absolute Gasteiger partial charge is 0.211 e. The van der Waals surface area contributed by atoms with Gasteiger partial charge >= 0.3 is 0 Å². The molecule has 3 rings (SSSR count). The van der Waals surface area contributed by atoms with Crippen LogP contribution >= 0.6 is 11.9 Å². The monoisotopic (exact) mass is 319 g/mol. The molecule has 0 fully saturated rings. The van der Waals surface area contributed by atoms with E-state index in [9.17, 15) is 0 Å². The molecule has 2 aromatic carbocycles. The highest BCUT2D eigenvalue weighted by Crippen LogP contribution is 2.28. The van der Waals surface area contributed by atoms with Crippen LogP contribution in [0, 0.1) is 0 Å². The highest BCUT2D eigenvalue weighted by Gasteiger charge is 2.05. The van der Waals surface area contributed by atoms with E-state index in [4.69, 9.17) is 4.40 Å². The molecule has 0 N–H and O–H groups in total. The summed E-state index contributed by atoms with van der Waals surface area (Å²) in [7, 11) is 0. The summed E-state index contributed by atoms with van der Waals surface area (Å²) in [6.07, 6.45) is 11.5. The first-order chi connectivity index (χ1) is 11.4. The Labute approximate surface area is 143 Å². The van der Waals surface area contributed by atoms with E-state index in [1.54, 1.807) is 11.9 Å². The normalized spacial score (nSPS) is 15.7. The van der Waals surface area contributed by atoms with Crippen LogP contribution in [0.25, 0.3) is 6.08 Å². The van der Waals surface area contributed by atoms with E-state index in [0.717, 1.165) is 11.3 Å². The Bertz CT molecular complexity index is 699. The molecular formula is C21H21NS. The number of allylic oxidation sites excluding steroid dienone is 3. The molecule has 0 atom stereocenters. The first-order valence-electron chi connectivity index (χ1n) is 8.14. The Balaban J connectivity index is 1.82. The van der Waals surface area contributed by atoms with E-state index in [1.165, 1.54) is 36.2 Å². The molecule has 0 spiro atoms. The third-order valence-corrected chi connectivity index (χ3v) is 4.71. The van der Waals surface area contributed by atoms with Crippen molar-refractivity contribution < 1.29 is 0 Å². The minimum atomic E-state index is 1.02. The van der Waals surface area contributed by atoms with Crippen LogP contribution < -0.4 is 0 Å². The molecule has 116 valence electrons. The zero-order valence-corrected chi connectivity index (χ0v) is 14.0. The predicted molar refractivity (Wildman–Crippen MR) is 103 cm³/mol. The number of hydrogen-bond donors (Lipinski definition) is 0. The van der Waals surface area contributed by atoms with Gasteiger partial charge in [0.25, 0.3) is 0 Å². The Kier molecular flexibility index (Phi) is 5.87. The van der Waals surface area contributed by atoms with Crippen LogP contribution in [-0.4, -0.2) is 5.71 Å². The van der Waals surface area contributed by atoms with Gasteiger partial charge in [0.2, 0.25) is 0 Å². The summed E-state index contributed by atoms with van der Waals surface area (Å²) in [5.41, 5.74) is 3.37. The van der Waals surface area contributed by atoms with Crippen molar-refractivity contribution >= 4 is 23.7 Å². The van der Waals surface area contributed by atoms with Crippen molar-refractivity contribution in [1.29, 1.82) is 0 Å². The quantitative estimate of drug-likeness (QED) is 0.465. The lowest BCUT2D eigenvalue weighted by Gasteiger charge is -2.09. The van der Waals surface area contributed by atoms with Crippen molar-refractivity contribution in [2.24, 2.45) is 4.40 Å². The molecule has 0 amide bonds. The second kappa shape index (κ2) is 8.54. The molecule has 0 heterocycles. The Hall–Kier alpha value is -2.06. The molecule has 0 aliphatic heterocycles. The second-order valence-electron chi connectivity index (χ2n) is 5.59. The van der Waals surface area contributed by atoms with Crippen LogP contribution in [0.5, 0.6) is 0 Å². The SMILES string of the molecule is C1=C(S/N=C(/C=C/c2ccccc2)c2ccccc2)CCCC1. The van der Waals surface area contributed by atoms with E-state index in [-0.39, 0.29) is 0 Å². The van der Waals surface area contributed by atoms with Crippen molar-refractivity contribution in [2.45, 2.75) is 25.7 Å². The fourth-order valence-corrected chi connectivity index (χ4v) is 3.34. The van der Waals surface area contributed by atoms with Crippen molar-refractivity contribution in [3.8, 4) is 0 Å². The summed E-state index contributed by atoms with van der Waals surface area (Å²) in [4.78, 5) is 1.40. The molecule has 23 heavy (non-hydrogen) atoms. The molecular weight excluding hydrogens is 298 g/mol. The van der Waals surface area contributed by atoms with Crippen LogP contribution in [-0.2, 0) is 0 Å². The van der Waals surface area contributed by atoms with Gasteiger partial charge in [0.05, 0.1) is 5.71 Å². The first-order valence-corrected chi connectivity index (χ1v) is 8.92. The van der Waals surface area contributed by atoms with Crippen molar-refractivity contribution in [2.75, 3.05) is 0 Å². The summed E-state index contributed by atoms with van der Waals surface area (Å²) in [6.45, 7) is 0. The minimum absolute atomic E-state index is 1.02. The van der Waals surface area contributed by atoms with Crippen molar-refractivity contribution in [3.63, 3.8) is 0 Å². The number of nitrogens with zero attached hydrogens (tertiary/aromatic N) is 1. The highest BCUT2D eigenvalue weighted by atomic mass is 32.2. The molecule has 0 bridgehead atoms. The summed E-state index contributed by atoms with van der Waals surface area (Å²) in [6, 6.07) is 20.8. The van der Waals surface area contributed by atoms with Gasteiger partial charge in [-0.25, -0.2) is 4.40 Å². The molecule has 0 saturated carbocycles. The van der Waals surface area contributed by atoms with Gasteiger partial charge in [-0.05, 0) is 37.3 Å². The van der Waals surface area contributed by atoms with Gasteiger partial charge in [-0.1, -0.05) is 72.8 Å². The van der Waals surface area contributed by atoms with E-state index in [0.29, 0.717) is 0 Å². The van der Waals surface area contributed by atoms with Crippen molar-refractivity contribution in [1.82, 2.24) is 0 Å². The molecule has 0 saturated heterocycles. The average Bonchev–Trinajstić information content (AvgIpc) is 2.64. The molecule has 1 aliphatic rings. The van der Waals surface area contributed by atoms with Gasteiger partial charge in [0.15, 0.2) is 0 Å². The fourth-order valence-electron chi connectivity index (χ4n) is 2.53. The smallest absolute Gasteiger partial charge is 0.0789 e. The van der Waals surface area contributed by atoms with Crippen LogP contribution in [0.1, 0.15) is 36.8 Å². The number of rotatable bonds is 5. The van der Waals surface area contributed by atoms with Gasteiger partial charge in [0, 0.05) is 22.4 Å². The van der Waals surface area contributed by atoms with Gasteiger partial charge in [-0.3, -0.25) is 0 Å². The van der Waals surface area contributed by atoms with Gasteiger partial charge in [-0.15, -0.1) is 0 Å². The lowest BCUT2D eigenvalue weighted by atomic mass is 10.1. The van der Waals surface area contributed by atoms with Crippen LogP contribution in [0.2, 0.25) is 0 Å². The number of hydrogen-bond acceptors (Lipinski definition) is 2. The molecule has 0 radical (unpaired) electrons.